The summed E-state index contributed by atoms with van der Waals surface area (Å²) in [7, 11) is -4.19. The Balaban J connectivity index is 1.71. The van der Waals surface area contributed by atoms with Crippen LogP contribution in [-0.4, -0.2) is 50.4 Å². The van der Waals surface area contributed by atoms with E-state index in [0.717, 1.165) is 52.0 Å². The molecule has 0 aromatic heterocycles. The molecule has 2 amide bonds. The van der Waals surface area contributed by atoms with Crippen LogP contribution in [0.5, 0.6) is 5.75 Å². The van der Waals surface area contributed by atoms with E-state index < -0.39 is 28.5 Å². The molecule has 230 valence electrons. The minimum atomic E-state index is -4.19. The van der Waals surface area contributed by atoms with Crippen LogP contribution in [0.25, 0.3) is 0 Å². The van der Waals surface area contributed by atoms with Crippen LogP contribution in [-0.2, 0) is 26.2 Å². The van der Waals surface area contributed by atoms with Crippen LogP contribution in [0.4, 0.5) is 5.69 Å². The lowest BCUT2D eigenvalue weighted by Gasteiger charge is -2.33. The third-order valence-corrected chi connectivity index (χ3v) is 10.0. The molecule has 1 aliphatic carbocycles. The van der Waals surface area contributed by atoms with Crippen LogP contribution in [0.15, 0.2) is 82.2 Å². The number of para-hydroxylation sites is 2. The number of nitrogens with one attached hydrogen (secondary N) is 1. The number of anilines is 1. The number of amides is 2. The monoisotopic (exact) mass is 669 g/mol. The Morgan fingerprint density at radius 3 is 2.28 bits per heavy atom. The third-order valence-electron chi connectivity index (χ3n) is 7.71. The molecule has 0 heterocycles. The lowest BCUT2D eigenvalue weighted by Crippen LogP contribution is -2.53. The lowest BCUT2D eigenvalue weighted by molar-refractivity contribution is -0.139. The van der Waals surface area contributed by atoms with Gasteiger partial charge in [-0.1, -0.05) is 77.2 Å². The third kappa shape index (κ3) is 8.38. The Hall–Kier alpha value is -3.37. The first-order valence-electron chi connectivity index (χ1n) is 14.8. The van der Waals surface area contributed by atoms with Gasteiger partial charge in [0.25, 0.3) is 10.0 Å². The predicted molar refractivity (Wildman–Crippen MR) is 172 cm³/mol. The summed E-state index contributed by atoms with van der Waals surface area (Å²) in [5.74, 6) is -0.410. The molecule has 3 aromatic rings. The molecule has 4 rings (SSSR count). The minimum Gasteiger partial charge on any atom is -0.492 e. The first kappa shape index (κ1) is 32.5. The van der Waals surface area contributed by atoms with E-state index in [1.165, 1.54) is 17.0 Å². The zero-order valence-corrected chi connectivity index (χ0v) is 27.4. The highest BCUT2D eigenvalue weighted by Gasteiger charge is 2.34. The molecule has 0 spiro atoms. The van der Waals surface area contributed by atoms with Gasteiger partial charge in [-0.15, -0.1) is 0 Å². The topological polar surface area (TPSA) is 96.0 Å². The van der Waals surface area contributed by atoms with Gasteiger partial charge in [0.2, 0.25) is 11.8 Å². The summed E-state index contributed by atoms with van der Waals surface area (Å²) in [5, 5.41) is 3.13. The van der Waals surface area contributed by atoms with E-state index in [1.54, 1.807) is 43.3 Å². The first-order chi connectivity index (χ1) is 20.6. The van der Waals surface area contributed by atoms with Crippen LogP contribution in [0.2, 0.25) is 0 Å². The quantitative estimate of drug-likeness (QED) is 0.247. The number of ether oxygens (including phenoxy) is 1. The van der Waals surface area contributed by atoms with Crippen LogP contribution < -0.4 is 14.4 Å². The molecule has 1 aliphatic rings. The molecule has 1 fully saturated rings. The Kier molecular flexibility index (Phi) is 11.3. The van der Waals surface area contributed by atoms with Crippen molar-refractivity contribution < 1.29 is 22.7 Å². The summed E-state index contributed by atoms with van der Waals surface area (Å²) in [6, 6.07) is 20.0. The summed E-state index contributed by atoms with van der Waals surface area (Å²) >= 11 is 3.44. The van der Waals surface area contributed by atoms with E-state index in [2.05, 4.69) is 21.2 Å². The second kappa shape index (κ2) is 14.9. The van der Waals surface area contributed by atoms with Crippen molar-refractivity contribution in [3.63, 3.8) is 0 Å². The number of rotatable bonds is 12. The molecule has 0 saturated heterocycles. The smallest absolute Gasteiger partial charge is 0.264 e. The van der Waals surface area contributed by atoms with Crippen molar-refractivity contribution in [2.45, 2.75) is 76.4 Å². The fourth-order valence-electron chi connectivity index (χ4n) is 5.23. The molecular weight excluding hydrogens is 630 g/mol. The van der Waals surface area contributed by atoms with Crippen LogP contribution >= 0.6 is 15.9 Å². The SMILES string of the molecule is CCOc1ccccc1N(CC(=O)N(Cc1ccc(Br)cc1)[C@@H](C)C(=O)NC1CCCCC1)S(=O)(=O)c1ccc(C)cc1. The van der Waals surface area contributed by atoms with Gasteiger partial charge in [0.05, 0.1) is 17.2 Å². The summed E-state index contributed by atoms with van der Waals surface area (Å²) < 4.78 is 36.0. The summed E-state index contributed by atoms with van der Waals surface area (Å²) in [6.45, 7) is 5.32. The molecule has 10 heteroatoms. The second-order valence-corrected chi connectivity index (χ2v) is 13.7. The van der Waals surface area contributed by atoms with E-state index >= 15 is 0 Å². The number of benzene rings is 3. The van der Waals surface area contributed by atoms with Crippen molar-refractivity contribution in [3.05, 3.63) is 88.4 Å². The number of carbonyl (C=O) groups excluding carboxylic acids is 2. The number of nitrogens with zero attached hydrogens (tertiary/aromatic N) is 2. The fourth-order valence-corrected chi connectivity index (χ4v) is 6.92. The maximum Gasteiger partial charge on any atom is 0.264 e. The number of sulfonamides is 1. The van der Waals surface area contributed by atoms with Gasteiger partial charge in [0.1, 0.15) is 18.3 Å². The van der Waals surface area contributed by atoms with Crippen molar-refractivity contribution in [2.24, 2.45) is 0 Å². The van der Waals surface area contributed by atoms with Crippen molar-refractivity contribution in [2.75, 3.05) is 17.5 Å². The van der Waals surface area contributed by atoms with E-state index in [0.29, 0.717) is 12.4 Å². The van der Waals surface area contributed by atoms with E-state index in [1.807, 2.05) is 38.1 Å². The number of aryl methyl sites for hydroxylation is 1. The predicted octanol–water partition coefficient (Wildman–Crippen LogP) is 6.22. The lowest BCUT2D eigenvalue weighted by atomic mass is 9.95. The number of carbonyl (C=O) groups is 2. The molecule has 0 radical (unpaired) electrons. The number of hydrogen-bond donors (Lipinski definition) is 1. The molecule has 1 saturated carbocycles. The maximum absolute atomic E-state index is 14.2. The Morgan fingerprint density at radius 1 is 0.977 bits per heavy atom. The van der Waals surface area contributed by atoms with Gasteiger partial charge in [-0.2, -0.15) is 0 Å². The first-order valence-corrected chi connectivity index (χ1v) is 17.0. The van der Waals surface area contributed by atoms with Crippen LogP contribution in [0.1, 0.15) is 57.1 Å². The standard InChI is InChI=1S/C33H40BrN3O5S/c1-4-42-31-13-9-8-12-30(31)37(43(40,41)29-20-14-24(2)15-21-29)23-32(38)36(22-26-16-18-27(34)19-17-26)25(3)33(39)35-28-10-6-5-7-11-28/h8-9,12-21,25,28H,4-7,10-11,22-23H2,1-3H3,(H,35,39)/t25-/m0/s1. The Bertz CT molecular complexity index is 1490. The van der Waals surface area contributed by atoms with E-state index in [-0.39, 0.29) is 29.1 Å². The van der Waals surface area contributed by atoms with Crippen molar-refractivity contribution in [1.82, 2.24) is 10.2 Å². The maximum atomic E-state index is 14.2. The zero-order valence-electron chi connectivity index (χ0n) is 25.0. The van der Waals surface area contributed by atoms with E-state index in [9.17, 15) is 18.0 Å². The number of hydrogen-bond acceptors (Lipinski definition) is 5. The van der Waals surface area contributed by atoms with Gasteiger partial charge < -0.3 is 15.0 Å². The van der Waals surface area contributed by atoms with Gasteiger partial charge in [0, 0.05) is 17.1 Å². The number of halogens is 1. The summed E-state index contributed by atoms with van der Waals surface area (Å²) in [4.78, 5) is 29.2. The molecule has 1 atom stereocenters. The van der Waals surface area contributed by atoms with Crippen LogP contribution in [0, 0.1) is 6.92 Å². The van der Waals surface area contributed by atoms with Crippen molar-refractivity contribution >= 4 is 43.5 Å². The highest BCUT2D eigenvalue weighted by Crippen LogP contribution is 2.33. The molecular formula is C33H40BrN3O5S. The summed E-state index contributed by atoms with van der Waals surface area (Å²) in [6.07, 6.45) is 5.11. The second-order valence-electron chi connectivity index (χ2n) is 10.9. The molecule has 0 unspecified atom stereocenters. The molecule has 1 N–H and O–H groups in total. The van der Waals surface area contributed by atoms with Gasteiger partial charge in [-0.05, 0) is 75.6 Å². The molecule has 0 bridgehead atoms. The van der Waals surface area contributed by atoms with Crippen molar-refractivity contribution in [3.8, 4) is 5.75 Å². The zero-order chi connectivity index (χ0) is 31.0. The summed E-state index contributed by atoms with van der Waals surface area (Å²) in [5.41, 5.74) is 1.98. The Labute approximate surface area is 263 Å². The highest BCUT2D eigenvalue weighted by atomic mass is 79.9. The highest BCUT2D eigenvalue weighted by molar-refractivity contribution is 9.10. The average Bonchev–Trinajstić information content (AvgIpc) is 3.00. The average molecular weight is 671 g/mol. The van der Waals surface area contributed by atoms with Gasteiger partial charge in [0.15, 0.2) is 0 Å². The molecule has 8 nitrogen and oxygen atoms in total. The van der Waals surface area contributed by atoms with Gasteiger partial charge in [-0.3, -0.25) is 13.9 Å². The molecule has 3 aromatic carbocycles. The molecule has 0 aliphatic heterocycles. The van der Waals surface area contributed by atoms with Crippen LogP contribution in [0.3, 0.4) is 0 Å². The van der Waals surface area contributed by atoms with Gasteiger partial charge >= 0.3 is 0 Å². The Morgan fingerprint density at radius 2 is 1.63 bits per heavy atom. The fraction of sp³-hybridized carbons (Fsp3) is 0.394. The normalized spacial score (nSPS) is 14.5. The minimum absolute atomic E-state index is 0.0553. The molecule has 43 heavy (non-hydrogen) atoms. The van der Waals surface area contributed by atoms with Crippen molar-refractivity contribution in [1.29, 1.82) is 0 Å². The van der Waals surface area contributed by atoms with Gasteiger partial charge in [-0.25, -0.2) is 8.42 Å². The largest absolute Gasteiger partial charge is 0.492 e. The van der Waals surface area contributed by atoms with E-state index in [4.69, 9.17) is 4.74 Å².